The maximum absolute atomic E-state index is 4.31. The lowest BCUT2D eigenvalue weighted by atomic mass is 9.95. The van der Waals surface area contributed by atoms with Gasteiger partial charge in [0, 0.05) is 26.1 Å². The van der Waals surface area contributed by atoms with Gasteiger partial charge in [0.15, 0.2) is 0 Å². The van der Waals surface area contributed by atoms with Crippen LogP contribution in [0.25, 0.3) is 0 Å². The van der Waals surface area contributed by atoms with Gasteiger partial charge >= 0.3 is 0 Å². The smallest absolute Gasteiger partial charge is 0.136 e. The summed E-state index contributed by atoms with van der Waals surface area (Å²) in [4.78, 5) is 2.61. The van der Waals surface area contributed by atoms with Crippen LogP contribution in [0.15, 0.2) is 36.7 Å². The molecule has 0 unspecified atom stereocenters. The number of likely N-dealkylation sites (tertiary alicyclic amines) is 1. The monoisotopic (exact) mass is 298 g/mol. The highest BCUT2D eigenvalue weighted by atomic mass is 15.3. The van der Waals surface area contributed by atoms with Gasteiger partial charge in [0.2, 0.25) is 0 Å². The van der Waals surface area contributed by atoms with Crippen LogP contribution >= 0.6 is 0 Å². The minimum absolute atomic E-state index is 0.533. The Bertz CT molecular complexity index is 578. The fourth-order valence-corrected chi connectivity index (χ4v) is 3.62. The van der Waals surface area contributed by atoms with Gasteiger partial charge in [-0.15, -0.1) is 10.2 Å². The summed E-state index contributed by atoms with van der Waals surface area (Å²) in [6.07, 6.45) is 5.46. The molecule has 2 aromatic rings. The Hall–Kier alpha value is -1.68. The number of hydrogen-bond donors (Lipinski definition) is 0. The van der Waals surface area contributed by atoms with Gasteiger partial charge in [0.25, 0.3) is 0 Å². The minimum atomic E-state index is 0.533. The number of benzene rings is 1. The molecule has 0 spiro atoms. The van der Waals surface area contributed by atoms with Crippen LogP contribution in [0.4, 0.5) is 0 Å². The van der Waals surface area contributed by atoms with Gasteiger partial charge in [-0.25, -0.2) is 0 Å². The molecule has 118 valence electrons. The Balaban J connectivity index is 1.55. The average molecular weight is 298 g/mol. The molecule has 1 saturated heterocycles. The van der Waals surface area contributed by atoms with E-state index in [1.165, 1.54) is 31.5 Å². The molecule has 0 radical (unpaired) electrons. The molecule has 3 rings (SSSR count). The summed E-state index contributed by atoms with van der Waals surface area (Å²) in [6, 6.07) is 10.8. The lowest BCUT2D eigenvalue weighted by molar-refractivity contribution is 0.179. The van der Waals surface area contributed by atoms with Crippen molar-refractivity contribution in [3.8, 4) is 0 Å². The highest BCUT2D eigenvalue weighted by Gasteiger charge is 2.25. The summed E-state index contributed by atoms with van der Waals surface area (Å²) in [5.41, 5.74) is 1.44. The number of piperidine rings is 1. The lowest BCUT2D eigenvalue weighted by Crippen LogP contribution is -2.38. The summed E-state index contributed by atoms with van der Waals surface area (Å²) >= 11 is 0. The van der Waals surface area contributed by atoms with E-state index in [0.29, 0.717) is 11.8 Å². The van der Waals surface area contributed by atoms with Crippen LogP contribution in [0, 0.1) is 5.92 Å². The molecule has 0 aliphatic carbocycles. The highest BCUT2D eigenvalue weighted by Crippen LogP contribution is 2.25. The Labute approximate surface area is 133 Å². The van der Waals surface area contributed by atoms with Gasteiger partial charge < -0.3 is 9.47 Å². The molecule has 4 nitrogen and oxygen atoms in total. The van der Waals surface area contributed by atoms with E-state index in [-0.39, 0.29) is 0 Å². The largest absolute Gasteiger partial charge is 0.320 e. The predicted molar refractivity (Wildman–Crippen MR) is 88.7 cm³/mol. The van der Waals surface area contributed by atoms with E-state index in [2.05, 4.69) is 56.9 Å². The summed E-state index contributed by atoms with van der Waals surface area (Å²) in [5, 5.41) is 8.34. The molecule has 4 heteroatoms. The molecule has 1 aromatic carbocycles. The quantitative estimate of drug-likeness (QED) is 0.851. The number of rotatable bonds is 5. The second kappa shape index (κ2) is 7.05. The third-order valence-corrected chi connectivity index (χ3v) is 4.61. The van der Waals surface area contributed by atoms with E-state index in [1.807, 2.05) is 13.4 Å². The Morgan fingerprint density at radius 2 is 2.09 bits per heavy atom. The van der Waals surface area contributed by atoms with Gasteiger partial charge in [0.1, 0.15) is 12.2 Å². The van der Waals surface area contributed by atoms with Crippen LogP contribution in [0.2, 0.25) is 0 Å². The topological polar surface area (TPSA) is 34.0 Å². The van der Waals surface area contributed by atoms with Crippen molar-refractivity contribution in [1.29, 1.82) is 0 Å². The van der Waals surface area contributed by atoms with Crippen molar-refractivity contribution in [3.63, 3.8) is 0 Å². The molecule has 1 aromatic heterocycles. The van der Waals surface area contributed by atoms with E-state index in [4.69, 9.17) is 0 Å². The van der Waals surface area contributed by atoms with Gasteiger partial charge in [-0.1, -0.05) is 37.3 Å². The molecule has 0 bridgehead atoms. The van der Waals surface area contributed by atoms with Crippen molar-refractivity contribution in [2.45, 2.75) is 32.1 Å². The van der Waals surface area contributed by atoms with Crippen molar-refractivity contribution in [2.24, 2.45) is 13.0 Å². The normalized spacial score (nSPS) is 20.9. The summed E-state index contributed by atoms with van der Waals surface area (Å²) in [7, 11) is 2.05. The first-order chi connectivity index (χ1) is 10.7. The van der Waals surface area contributed by atoms with E-state index >= 15 is 0 Å². The first-order valence-electron chi connectivity index (χ1n) is 8.32. The zero-order valence-corrected chi connectivity index (χ0v) is 13.7. The van der Waals surface area contributed by atoms with Crippen LogP contribution in [0.3, 0.4) is 0 Å². The second-order valence-electron chi connectivity index (χ2n) is 6.69. The van der Waals surface area contributed by atoms with E-state index < -0.39 is 0 Å². The number of aromatic nitrogens is 3. The van der Waals surface area contributed by atoms with Gasteiger partial charge in [-0.2, -0.15) is 0 Å². The molecule has 1 fully saturated rings. The fourth-order valence-electron chi connectivity index (χ4n) is 3.62. The van der Waals surface area contributed by atoms with Crippen molar-refractivity contribution in [2.75, 3.05) is 19.6 Å². The minimum Gasteiger partial charge on any atom is -0.320 e. The van der Waals surface area contributed by atoms with Crippen molar-refractivity contribution in [1.82, 2.24) is 19.7 Å². The maximum atomic E-state index is 4.31. The third kappa shape index (κ3) is 3.74. The van der Waals surface area contributed by atoms with Crippen LogP contribution in [0.5, 0.6) is 0 Å². The molecular weight excluding hydrogens is 272 g/mol. The van der Waals surface area contributed by atoms with Gasteiger partial charge in [-0.05, 0) is 37.3 Å². The third-order valence-electron chi connectivity index (χ3n) is 4.61. The van der Waals surface area contributed by atoms with E-state index in [9.17, 15) is 0 Å². The number of hydrogen-bond acceptors (Lipinski definition) is 3. The van der Waals surface area contributed by atoms with Gasteiger partial charge in [-0.3, -0.25) is 0 Å². The Morgan fingerprint density at radius 3 is 2.82 bits per heavy atom. The Kier molecular flexibility index (Phi) is 4.88. The van der Waals surface area contributed by atoms with Crippen molar-refractivity contribution >= 4 is 0 Å². The first-order valence-corrected chi connectivity index (χ1v) is 8.32. The summed E-state index contributed by atoms with van der Waals surface area (Å²) in [5.74, 6) is 2.35. The maximum Gasteiger partial charge on any atom is 0.136 e. The SMILES string of the molecule is C[C@@H](Cc1ccccc1)CN1CCC[C@H](c2nncn2C)C1. The number of aryl methyl sites for hydroxylation is 1. The van der Waals surface area contributed by atoms with E-state index in [1.54, 1.807) is 0 Å². The summed E-state index contributed by atoms with van der Waals surface area (Å²) in [6.45, 7) is 5.86. The van der Waals surface area contributed by atoms with Crippen molar-refractivity contribution < 1.29 is 0 Å². The average Bonchev–Trinajstić information content (AvgIpc) is 2.94. The first kappa shape index (κ1) is 15.2. The second-order valence-corrected chi connectivity index (χ2v) is 6.69. The van der Waals surface area contributed by atoms with Crippen LogP contribution in [-0.2, 0) is 13.5 Å². The molecule has 0 N–H and O–H groups in total. The van der Waals surface area contributed by atoms with Crippen LogP contribution < -0.4 is 0 Å². The van der Waals surface area contributed by atoms with E-state index in [0.717, 1.165) is 18.8 Å². The molecule has 1 aliphatic rings. The molecule has 0 saturated carbocycles. The van der Waals surface area contributed by atoms with Crippen LogP contribution in [-0.4, -0.2) is 39.3 Å². The zero-order chi connectivity index (χ0) is 15.4. The van der Waals surface area contributed by atoms with Crippen molar-refractivity contribution in [3.05, 3.63) is 48.0 Å². The Morgan fingerprint density at radius 1 is 1.27 bits per heavy atom. The van der Waals surface area contributed by atoms with Gasteiger partial charge in [0.05, 0.1) is 0 Å². The molecule has 2 heterocycles. The highest BCUT2D eigenvalue weighted by molar-refractivity contribution is 5.15. The summed E-state index contributed by atoms with van der Waals surface area (Å²) < 4.78 is 2.07. The fraction of sp³-hybridized carbons (Fsp3) is 0.556. The van der Waals surface area contributed by atoms with Crippen LogP contribution in [0.1, 0.15) is 37.1 Å². The predicted octanol–water partition coefficient (Wildman–Crippen LogP) is 2.87. The molecule has 1 aliphatic heterocycles. The molecule has 22 heavy (non-hydrogen) atoms. The standard InChI is InChI=1S/C18H26N4/c1-15(11-16-7-4-3-5-8-16)12-22-10-6-9-17(13-22)18-20-19-14-21(18)2/h3-5,7-8,14-15,17H,6,9-13H2,1-2H3/t15-,17-/m0/s1. The molecular formula is C18H26N4. The zero-order valence-electron chi connectivity index (χ0n) is 13.7. The lowest BCUT2D eigenvalue weighted by Gasteiger charge is -2.33. The molecule has 0 amide bonds. The number of nitrogens with zero attached hydrogens (tertiary/aromatic N) is 4. The molecule has 2 atom stereocenters.